The van der Waals surface area contributed by atoms with Gasteiger partial charge in [-0.2, -0.15) is 0 Å². The van der Waals surface area contributed by atoms with E-state index in [0.29, 0.717) is 10.6 Å². The Morgan fingerprint density at radius 3 is 2.04 bits per heavy atom. The molecule has 2 aromatic carbocycles. The average molecular weight is 326 g/mol. The third-order valence-corrected chi connectivity index (χ3v) is 3.75. The molecule has 120 valence electrons. The lowest BCUT2D eigenvalue weighted by Crippen LogP contribution is -2.55. The van der Waals surface area contributed by atoms with E-state index in [2.05, 4.69) is 5.43 Å². The van der Waals surface area contributed by atoms with Gasteiger partial charge >= 0.3 is 0 Å². The molecule has 0 aliphatic carbocycles. The second-order valence-electron chi connectivity index (χ2n) is 6.48. The fraction of sp³-hybridized carbons (Fsp3) is 0.263. The van der Waals surface area contributed by atoms with E-state index in [1.54, 1.807) is 17.1 Å². The Kier molecular flexibility index (Phi) is 5.16. The predicted molar refractivity (Wildman–Crippen MR) is 98.4 cm³/mol. The highest BCUT2D eigenvalue weighted by Crippen LogP contribution is 2.16. The molecule has 0 spiro atoms. The van der Waals surface area contributed by atoms with Crippen molar-refractivity contribution < 1.29 is 4.79 Å². The first-order chi connectivity index (χ1) is 10.8. The molecule has 1 N–H and O–H groups in total. The molecule has 1 amide bonds. The van der Waals surface area contributed by atoms with Crippen molar-refractivity contribution in [3.8, 4) is 0 Å². The number of carbonyl (C=O) groups excluding carboxylic acids is 1. The summed E-state index contributed by atoms with van der Waals surface area (Å²) in [6, 6.07) is 17.1. The van der Waals surface area contributed by atoms with Gasteiger partial charge in [-0.3, -0.25) is 10.2 Å². The summed E-state index contributed by atoms with van der Waals surface area (Å²) in [5.74, 6) is -0.104. The van der Waals surface area contributed by atoms with E-state index in [1.807, 2.05) is 70.2 Å². The van der Waals surface area contributed by atoms with E-state index in [0.717, 1.165) is 5.56 Å². The lowest BCUT2D eigenvalue weighted by molar-refractivity contribution is 0.0500. The molecule has 2 rings (SSSR count). The highest BCUT2D eigenvalue weighted by atomic mass is 32.1. The number of carbonyl (C=O) groups is 1. The normalized spacial score (nSPS) is 11.0. The summed E-state index contributed by atoms with van der Waals surface area (Å²) in [5.41, 5.74) is 5.38. The Balaban J connectivity index is 2.24. The number of hydrazine groups is 1. The quantitative estimate of drug-likeness (QED) is 0.666. The smallest absolute Gasteiger partial charge is 0.272 e. The van der Waals surface area contributed by atoms with Crippen molar-refractivity contribution in [1.82, 2.24) is 10.4 Å². The molecule has 0 radical (unpaired) electrons. The molecule has 0 saturated carbocycles. The molecular formula is C19H22N2OS. The van der Waals surface area contributed by atoms with E-state index < -0.39 is 5.54 Å². The first-order valence-corrected chi connectivity index (χ1v) is 7.97. The van der Waals surface area contributed by atoms with Crippen LogP contribution >= 0.6 is 12.2 Å². The van der Waals surface area contributed by atoms with Gasteiger partial charge in [-0.15, -0.1) is 0 Å². The first-order valence-electron chi connectivity index (χ1n) is 7.56. The van der Waals surface area contributed by atoms with Gasteiger partial charge in [0.25, 0.3) is 5.91 Å². The Hall–Kier alpha value is -2.20. The van der Waals surface area contributed by atoms with Gasteiger partial charge in [0.2, 0.25) is 0 Å². The summed E-state index contributed by atoms with van der Waals surface area (Å²) in [6.45, 7) is 7.94. The maximum absolute atomic E-state index is 12.8. The van der Waals surface area contributed by atoms with Gasteiger partial charge in [0.1, 0.15) is 4.99 Å². The molecule has 0 bridgehead atoms. The first kappa shape index (κ1) is 17.2. The van der Waals surface area contributed by atoms with Gasteiger partial charge in [0.05, 0.1) is 5.54 Å². The zero-order chi connectivity index (χ0) is 17.0. The summed E-state index contributed by atoms with van der Waals surface area (Å²) < 4.78 is 0. The second kappa shape index (κ2) is 6.92. The molecule has 0 heterocycles. The van der Waals surface area contributed by atoms with Gasteiger partial charge in [0.15, 0.2) is 0 Å². The Bertz CT molecular complexity index is 688. The topological polar surface area (TPSA) is 32.3 Å². The lowest BCUT2D eigenvalue weighted by Gasteiger charge is -2.36. The van der Waals surface area contributed by atoms with Crippen molar-refractivity contribution in [3.63, 3.8) is 0 Å². The number of hydrogen-bond acceptors (Lipinski definition) is 2. The van der Waals surface area contributed by atoms with Crippen LogP contribution in [0.15, 0.2) is 54.6 Å². The molecule has 0 aliphatic rings. The van der Waals surface area contributed by atoms with Crippen LogP contribution in [0, 0.1) is 6.92 Å². The largest absolute Gasteiger partial charge is 0.284 e. The third-order valence-electron chi connectivity index (χ3n) is 3.42. The number of nitrogens with zero attached hydrogens (tertiary/aromatic N) is 1. The van der Waals surface area contributed by atoms with Crippen LogP contribution in [0.25, 0.3) is 0 Å². The fourth-order valence-corrected chi connectivity index (χ4v) is 2.33. The SMILES string of the molecule is Cc1ccc(C(=S)NN(C(=O)c2ccccc2)C(C)(C)C)cc1. The predicted octanol–water partition coefficient (Wildman–Crippen LogP) is 4.12. The molecule has 3 nitrogen and oxygen atoms in total. The molecule has 23 heavy (non-hydrogen) atoms. The molecule has 0 unspecified atom stereocenters. The second-order valence-corrected chi connectivity index (χ2v) is 6.89. The molecule has 2 aromatic rings. The molecule has 0 saturated heterocycles. The average Bonchev–Trinajstić information content (AvgIpc) is 2.52. The molecular weight excluding hydrogens is 304 g/mol. The molecule has 0 aromatic heterocycles. The van der Waals surface area contributed by atoms with Crippen LogP contribution in [0.1, 0.15) is 42.3 Å². The summed E-state index contributed by atoms with van der Waals surface area (Å²) in [4.78, 5) is 13.3. The maximum atomic E-state index is 12.8. The minimum atomic E-state index is -0.415. The number of amides is 1. The van der Waals surface area contributed by atoms with Gasteiger partial charge in [0, 0.05) is 11.1 Å². The van der Waals surface area contributed by atoms with Crippen molar-refractivity contribution in [2.45, 2.75) is 33.2 Å². The van der Waals surface area contributed by atoms with Crippen LogP contribution in [0.3, 0.4) is 0 Å². The van der Waals surface area contributed by atoms with E-state index >= 15 is 0 Å². The number of nitrogens with one attached hydrogen (secondary N) is 1. The van der Waals surface area contributed by atoms with E-state index in [9.17, 15) is 4.79 Å². The van der Waals surface area contributed by atoms with E-state index in [4.69, 9.17) is 12.2 Å². The Morgan fingerprint density at radius 1 is 0.957 bits per heavy atom. The number of hydrogen-bond donors (Lipinski definition) is 1. The molecule has 0 fully saturated rings. The zero-order valence-corrected chi connectivity index (χ0v) is 14.8. The third kappa shape index (κ3) is 4.39. The maximum Gasteiger partial charge on any atom is 0.272 e. The number of benzene rings is 2. The van der Waals surface area contributed by atoms with E-state index in [-0.39, 0.29) is 5.91 Å². The van der Waals surface area contributed by atoms with Crippen LogP contribution in [0.5, 0.6) is 0 Å². The monoisotopic (exact) mass is 326 g/mol. The van der Waals surface area contributed by atoms with Gasteiger partial charge in [-0.25, -0.2) is 5.01 Å². The highest BCUT2D eigenvalue weighted by molar-refractivity contribution is 7.80. The van der Waals surface area contributed by atoms with Crippen molar-refractivity contribution >= 4 is 23.1 Å². The highest BCUT2D eigenvalue weighted by Gasteiger charge is 2.28. The standard InChI is InChI=1S/C19H22N2OS/c1-14-10-12-15(13-11-14)17(23)20-21(19(2,3)4)18(22)16-8-6-5-7-9-16/h5-13H,1-4H3,(H,20,23). The van der Waals surface area contributed by atoms with Gasteiger partial charge < -0.3 is 0 Å². The summed E-state index contributed by atoms with van der Waals surface area (Å²) in [5, 5.41) is 1.59. The molecule has 0 atom stereocenters. The van der Waals surface area contributed by atoms with Crippen LogP contribution in [0.4, 0.5) is 0 Å². The Morgan fingerprint density at radius 2 is 1.52 bits per heavy atom. The minimum absolute atomic E-state index is 0.104. The van der Waals surface area contributed by atoms with Crippen molar-refractivity contribution in [1.29, 1.82) is 0 Å². The molecule has 4 heteroatoms. The van der Waals surface area contributed by atoms with E-state index in [1.165, 1.54) is 5.56 Å². The van der Waals surface area contributed by atoms with Crippen molar-refractivity contribution in [2.24, 2.45) is 0 Å². The lowest BCUT2D eigenvalue weighted by atomic mass is 10.1. The summed E-state index contributed by atoms with van der Waals surface area (Å²) >= 11 is 5.47. The van der Waals surface area contributed by atoms with Crippen LogP contribution < -0.4 is 5.43 Å². The fourth-order valence-electron chi connectivity index (χ4n) is 2.10. The Labute approximate surface area is 143 Å². The minimum Gasteiger partial charge on any atom is -0.284 e. The van der Waals surface area contributed by atoms with Crippen LogP contribution in [0.2, 0.25) is 0 Å². The summed E-state index contributed by atoms with van der Waals surface area (Å²) in [6.07, 6.45) is 0. The number of rotatable bonds is 2. The van der Waals surface area contributed by atoms with Gasteiger partial charge in [-0.05, 0) is 39.8 Å². The number of aryl methyl sites for hydroxylation is 1. The van der Waals surface area contributed by atoms with Crippen LogP contribution in [-0.4, -0.2) is 21.4 Å². The van der Waals surface area contributed by atoms with Crippen molar-refractivity contribution in [3.05, 3.63) is 71.3 Å². The number of thiocarbonyl (C=S) groups is 1. The van der Waals surface area contributed by atoms with Crippen LogP contribution in [-0.2, 0) is 0 Å². The molecule has 0 aliphatic heterocycles. The summed E-state index contributed by atoms with van der Waals surface area (Å²) in [7, 11) is 0. The van der Waals surface area contributed by atoms with Gasteiger partial charge in [-0.1, -0.05) is 60.2 Å². The zero-order valence-electron chi connectivity index (χ0n) is 14.0. The van der Waals surface area contributed by atoms with Crippen molar-refractivity contribution in [2.75, 3.05) is 0 Å².